The molecule has 0 N–H and O–H groups in total. The predicted octanol–water partition coefficient (Wildman–Crippen LogP) is 2.57. The number of aliphatic carboxylic acids is 1. The second-order valence-corrected chi connectivity index (χ2v) is 7.77. The molecule has 0 bridgehead atoms. The molecular weight excluding hydrogens is 378 g/mol. The van der Waals surface area contributed by atoms with Gasteiger partial charge in [-0.15, -0.1) is 0 Å². The Morgan fingerprint density at radius 2 is 1.43 bits per heavy atom. The molecule has 0 spiro atoms. The van der Waals surface area contributed by atoms with Gasteiger partial charge in [0, 0.05) is 17.5 Å². The summed E-state index contributed by atoms with van der Waals surface area (Å²) >= 11 is 0. The maximum atomic E-state index is 11.1. The Balaban J connectivity index is 1.66. The van der Waals surface area contributed by atoms with Crippen LogP contribution in [-0.2, 0) is 9.59 Å². The van der Waals surface area contributed by atoms with Crippen molar-refractivity contribution in [3.05, 3.63) is 71.8 Å². The number of hydrogen-bond acceptors (Lipinski definition) is 5. The molecule has 0 saturated carbocycles. The van der Waals surface area contributed by atoms with Gasteiger partial charge < -0.3 is 9.90 Å². The molecule has 156 valence electrons. The molecule has 6 heteroatoms. The molecule has 1 aliphatic rings. The lowest BCUT2D eigenvalue weighted by atomic mass is 9.99. The first-order valence-corrected chi connectivity index (χ1v) is 10.3. The SMILES string of the molecule is C[N+]1(CCCCCCC(=O)C(=O)[O-])CN=C(c2ccccc2)C(c2ccccc2)=N1. The topological polar surface area (TPSA) is 81.9 Å². The van der Waals surface area contributed by atoms with E-state index in [0.29, 0.717) is 17.7 Å². The van der Waals surface area contributed by atoms with Gasteiger partial charge in [-0.05, 0) is 19.3 Å². The van der Waals surface area contributed by atoms with Gasteiger partial charge in [-0.25, -0.2) is 4.99 Å². The van der Waals surface area contributed by atoms with Gasteiger partial charge in [0.15, 0.2) is 18.2 Å². The van der Waals surface area contributed by atoms with Gasteiger partial charge in [0.05, 0.1) is 7.05 Å². The van der Waals surface area contributed by atoms with Crippen LogP contribution in [0.25, 0.3) is 0 Å². The summed E-state index contributed by atoms with van der Waals surface area (Å²) in [7, 11) is 2.08. The minimum atomic E-state index is -1.59. The van der Waals surface area contributed by atoms with E-state index in [0.717, 1.165) is 48.4 Å². The smallest absolute Gasteiger partial charge is 0.197 e. The number of unbranched alkanes of at least 4 members (excludes halogenated alkanes) is 3. The number of rotatable bonds is 10. The number of carboxylic acid groups (broad SMARTS) is 1. The van der Waals surface area contributed by atoms with Gasteiger partial charge in [-0.3, -0.25) is 4.79 Å². The lowest BCUT2D eigenvalue weighted by molar-refractivity contribution is -0.916. The lowest BCUT2D eigenvalue weighted by Crippen LogP contribution is -2.45. The van der Waals surface area contributed by atoms with Crippen LogP contribution in [0.4, 0.5) is 0 Å². The Hall–Kier alpha value is -3.12. The summed E-state index contributed by atoms with van der Waals surface area (Å²) in [6, 6.07) is 20.2. The minimum absolute atomic E-state index is 0.0511. The average Bonchev–Trinajstić information content (AvgIpc) is 2.77. The second kappa shape index (κ2) is 10.1. The van der Waals surface area contributed by atoms with Crippen molar-refractivity contribution in [1.29, 1.82) is 0 Å². The van der Waals surface area contributed by atoms with Crippen molar-refractivity contribution < 1.29 is 19.3 Å². The third-order valence-corrected chi connectivity index (χ3v) is 5.22. The number of carbonyl (C=O) groups excluding carboxylic acids is 2. The number of aliphatic imine (C=N–C) groups is 1. The Kier molecular flexibility index (Phi) is 7.25. The van der Waals surface area contributed by atoms with Crippen LogP contribution in [0, 0.1) is 0 Å². The van der Waals surface area contributed by atoms with E-state index in [1.807, 2.05) is 36.4 Å². The minimum Gasteiger partial charge on any atom is -0.542 e. The normalized spacial score (nSPS) is 18.4. The first kappa shape index (κ1) is 21.6. The maximum Gasteiger partial charge on any atom is 0.197 e. The summed E-state index contributed by atoms with van der Waals surface area (Å²) in [5, 5.41) is 15.5. The maximum absolute atomic E-state index is 11.1. The zero-order valence-electron chi connectivity index (χ0n) is 17.3. The zero-order chi connectivity index (χ0) is 21.4. The molecule has 3 rings (SSSR count). The summed E-state index contributed by atoms with van der Waals surface area (Å²) in [4.78, 5) is 26.5. The van der Waals surface area contributed by atoms with E-state index in [2.05, 4.69) is 31.3 Å². The van der Waals surface area contributed by atoms with Crippen molar-refractivity contribution in [2.75, 3.05) is 20.3 Å². The van der Waals surface area contributed by atoms with Crippen LogP contribution in [-0.4, -0.2) is 48.0 Å². The summed E-state index contributed by atoms with van der Waals surface area (Å²) in [5.74, 6) is -2.40. The lowest BCUT2D eigenvalue weighted by Gasteiger charge is -2.31. The number of carbonyl (C=O) groups is 2. The van der Waals surface area contributed by atoms with Crippen molar-refractivity contribution in [1.82, 2.24) is 0 Å². The van der Waals surface area contributed by atoms with Gasteiger partial charge >= 0.3 is 0 Å². The van der Waals surface area contributed by atoms with Crippen molar-refractivity contribution in [2.45, 2.75) is 32.1 Å². The van der Waals surface area contributed by atoms with E-state index in [9.17, 15) is 14.7 Å². The molecule has 0 saturated heterocycles. The van der Waals surface area contributed by atoms with Gasteiger partial charge in [0.2, 0.25) is 0 Å². The number of quaternary nitrogens is 1. The molecule has 1 atom stereocenters. The highest BCUT2D eigenvalue weighted by Gasteiger charge is 2.30. The molecule has 0 aliphatic carbocycles. The zero-order valence-corrected chi connectivity index (χ0v) is 17.3. The van der Waals surface area contributed by atoms with Crippen molar-refractivity contribution in [2.24, 2.45) is 10.1 Å². The van der Waals surface area contributed by atoms with E-state index in [4.69, 9.17) is 10.1 Å². The fourth-order valence-electron chi connectivity index (χ4n) is 3.55. The first-order valence-electron chi connectivity index (χ1n) is 10.3. The Morgan fingerprint density at radius 3 is 2.03 bits per heavy atom. The summed E-state index contributed by atoms with van der Waals surface area (Å²) in [5.41, 5.74) is 3.92. The van der Waals surface area contributed by atoms with Crippen LogP contribution in [0.5, 0.6) is 0 Å². The number of nitrogens with zero attached hydrogens (tertiary/aromatic N) is 3. The Labute approximate surface area is 177 Å². The molecule has 1 heterocycles. The summed E-state index contributed by atoms with van der Waals surface area (Å²) in [6.07, 6.45) is 3.28. The standard InChI is InChI=1S/C24H27N3O3/c1-27(17-11-3-2-10-16-21(28)24(29)30)18-25-22(19-12-6-4-7-13-19)23(26-27)20-14-8-5-9-15-20/h4-9,12-15H,2-3,10-11,16-18H2,1H3. The molecule has 0 fully saturated rings. The number of Topliss-reactive ketones (excluding diaryl/α,β-unsaturated/α-hetero) is 1. The van der Waals surface area contributed by atoms with Crippen LogP contribution in [0.15, 0.2) is 70.8 Å². The Bertz CT molecular complexity index is 939. The van der Waals surface area contributed by atoms with Crippen LogP contribution >= 0.6 is 0 Å². The van der Waals surface area contributed by atoms with E-state index in [1.165, 1.54) is 0 Å². The van der Waals surface area contributed by atoms with Crippen LogP contribution in [0.3, 0.4) is 0 Å². The highest BCUT2D eigenvalue weighted by Crippen LogP contribution is 2.20. The first-order chi connectivity index (χ1) is 14.5. The van der Waals surface area contributed by atoms with E-state index < -0.39 is 11.8 Å². The highest BCUT2D eigenvalue weighted by atomic mass is 16.4. The fourth-order valence-corrected chi connectivity index (χ4v) is 3.55. The summed E-state index contributed by atoms with van der Waals surface area (Å²) < 4.78 is 0.471. The van der Waals surface area contributed by atoms with Gasteiger partial charge in [0.25, 0.3) is 0 Å². The average molecular weight is 405 g/mol. The van der Waals surface area contributed by atoms with E-state index in [1.54, 1.807) is 0 Å². The third kappa shape index (κ3) is 5.70. The number of ketones is 1. The van der Waals surface area contributed by atoms with Crippen molar-refractivity contribution in [3.8, 4) is 0 Å². The molecule has 1 unspecified atom stereocenters. The molecular formula is C24H27N3O3. The largest absolute Gasteiger partial charge is 0.542 e. The van der Waals surface area contributed by atoms with Gasteiger partial charge in [-0.2, -0.15) is 4.59 Å². The fraction of sp³-hybridized carbons (Fsp3) is 0.333. The van der Waals surface area contributed by atoms with Crippen molar-refractivity contribution in [3.63, 3.8) is 0 Å². The monoisotopic (exact) mass is 405 g/mol. The van der Waals surface area contributed by atoms with Crippen LogP contribution in [0.1, 0.15) is 43.2 Å². The summed E-state index contributed by atoms with van der Waals surface area (Å²) in [6.45, 7) is 1.40. The molecule has 0 radical (unpaired) electrons. The van der Waals surface area contributed by atoms with E-state index in [-0.39, 0.29) is 6.42 Å². The molecule has 0 amide bonds. The van der Waals surface area contributed by atoms with Crippen LogP contribution < -0.4 is 5.11 Å². The Morgan fingerprint density at radius 1 is 0.867 bits per heavy atom. The molecule has 6 nitrogen and oxygen atoms in total. The molecule has 0 aromatic heterocycles. The molecule has 30 heavy (non-hydrogen) atoms. The second-order valence-electron chi connectivity index (χ2n) is 7.77. The van der Waals surface area contributed by atoms with Gasteiger partial charge in [-0.1, -0.05) is 72.2 Å². The van der Waals surface area contributed by atoms with Gasteiger partial charge in [0.1, 0.15) is 18.2 Å². The number of benzene rings is 2. The molecule has 1 aliphatic heterocycles. The highest BCUT2D eigenvalue weighted by molar-refractivity contribution is 6.53. The molecule has 2 aromatic rings. The third-order valence-electron chi connectivity index (χ3n) is 5.22. The number of hydrogen-bond donors (Lipinski definition) is 0. The molecule has 2 aromatic carbocycles. The van der Waals surface area contributed by atoms with Crippen LogP contribution in [0.2, 0.25) is 0 Å². The van der Waals surface area contributed by atoms with E-state index >= 15 is 0 Å². The van der Waals surface area contributed by atoms with Crippen molar-refractivity contribution >= 4 is 23.2 Å². The number of carboxylic acids is 1. The predicted molar refractivity (Wildman–Crippen MR) is 115 cm³/mol. The quantitative estimate of drug-likeness (QED) is 0.346.